The van der Waals surface area contributed by atoms with Crippen LogP contribution in [-0.2, 0) is 0 Å². The zero-order chi connectivity index (χ0) is 13.6. The number of hydrogen-bond donors (Lipinski definition) is 2. The van der Waals surface area contributed by atoms with Gasteiger partial charge in [0, 0.05) is 28.3 Å². The second-order valence-electron chi connectivity index (χ2n) is 4.29. The molecular formula is C13H11F2N3S. The lowest BCUT2D eigenvalue weighted by Crippen LogP contribution is -2.29. The summed E-state index contributed by atoms with van der Waals surface area (Å²) in [6.07, 6.45) is 1.21. The smallest absolute Gasteiger partial charge is 0.171 e. The number of benzene rings is 1. The number of rotatable bonds is 1. The van der Waals surface area contributed by atoms with Gasteiger partial charge >= 0.3 is 0 Å². The molecule has 1 aliphatic rings. The van der Waals surface area contributed by atoms with E-state index in [9.17, 15) is 8.78 Å². The van der Waals surface area contributed by atoms with Crippen molar-refractivity contribution in [2.24, 2.45) is 10.7 Å². The van der Waals surface area contributed by atoms with Crippen LogP contribution in [0.2, 0.25) is 0 Å². The minimum atomic E-state index is -0.582. The normalized spacial score (nSPS) is 17.2. The van der Waals surface area contributed by atoms with Gasteiger partial charge in [-0.05, 0) is 24.6 Å². The highest BCUT2D eigenvalue weighted by Crippen LogP contribution is 2.41. The van der Waals surface area contributed by atoms with Crippen molar-refractivity contribution >= 4 is 22.6 Å². The van der Waals surface area contributed by atoms with Crippen LogP contribution in [0.5, 0.6) is 0 Å². The molecule has 0 aliphatic carbocycles. The zero-order valence-electron chi connectivity index (χ0n) is 10.1. The Kier molecular flexibility index (Phi) is 2.83. The van der Waals surface area contributed by atoms with E-state index in [0.29, 0.717) is 5.56 Å². The highest BCUT2D eigenvalue weighted by atomic mass is 32.1. The van der Waals surface area contributed by atoms with Crippen LogP contribution in [-0.4, -0.2) is 12.5 Å². The van der Waals surface area contributed by atoms with E-state index in [1.165, 1.54) is 23.5 Å². The molecule has 1 unspecified atom stereocenters. The molecule has 0 radical (unpaired) electrons. The van der Waals surface area contributed by atoms with Crippen LogP contribution in [0.25, 0.3) is 10.4 Å². The fraction of sp³-hybridized carbons (Fsp3) is 0.154. The Morgan fingerprint density at radius 1 is 1.37 bits per heavy atom. The van der Waals surface area contributed by atoms with Gasteiger partial charge < -0.3 is 5.32 Å². The van der Waals surface area contributed by atoms with Crippen LogP contribution < -0.4 is 11.1 Å². The first-order chi connectivity index (χ1) is 9.06. The summed E-state index contributed by atoms with van der Waals surface area (Å²) in [6, 6.07) is 3.59. The van der Waals surface area contributed by atoms with Crippen molar-refractivity contribution in [1.29, 1.82) is 0 Å². The lowest BCUT2D eigenvalue weighted by molar-refractivity contribution is 0.586. The average Bonchev–Trinajstić information content (AvgIpc) is 2.66. The molecule has 19 heavy (non-hydrogen) atoms. The van der Waals surface area contributed by atoms with Crippen LogP contribution in [0.4, 0.5) is 13.8 Å². The standard InChI is InChI=1S/C13H11F2N3S/c1-6-9-5-17-13(16)18-12(9)19-11(6)8-3-2-7(14)4-10(8)15/h2-5,13,18H,16H2,1H3. The number of nitrogens with zero attached hydrogens (tertiary/aromatic N) is 1. The summed E-state index contributed by atoms with van der Waals surface area (Å²) in [4.78, 5) is 4.83. The topological polar surface area (TPSA) is 50.4 Å². The van der Waals surface area contributed by atoms with E-state index in [0.717, 1.165) is 27.1 Å². The number of aliphatic imine (C=N–C) groups is 1. The van der Waals surface area contributed by atoms with Crippen molar-refractivity contribution in [2.45, 2.75) is 13.2 Å². The monoisotopic (exact) mass is 279 g/mol. The van der Waals surface area contributed by atoms with Gasteiger partial charge in [0.1, 0.15) is 16.6 Å². The van der Waals surface area contributed by atoms with Gasteiger partial charge in [-0.25, -0.2) is 8.78 Å². The van der Waals surface area contributed by atoms with Gasteiger partial charge in [-0.3, -0.25) is 10.7 Å². The maximum Gasteiger partial charge on any atom is 0.171 e. The maximum absolute atomic E-state index is 13.8. The summed E-state index contributed by atoms with van der Waals surface area (Å²) >= 11 is 1.39. The third-order valence-corrected chi connectivity index (χ3v) is 4.28. The Morgan fingerprint density at radius 3 is 2.89 bits per heavy atom. The molecule has 0 fully saturated rings. The first kappa shape index (κ1) is 12.3. The van der Waals surface area contributed by atoms with Crippen molar-refractivity contribution in [3.63, 3.8) is 0 Å². The van der Waals surface area contributed by atoms with Gasteiger partial charge in [0.15, 0.2) is 6.29 Å². The summed E-state index contributed by atoms with van der Waals surface area (Å²) < 4.78 is 26.8. The van der Waals surface area contributed by atoms with Crippen molar-refractivity contribution in [2.75, 3.05) is 5.32 Å². The van der Waals surface area contributed by atoms with Gasteiger partial charge in [0.2, 0.25) is 0 Å². The van der Waals surface area contributed by atoms with Crippen molar-refractivity contribution in [3.8, 4) is 10.4 Å². The van der Waals surface area contributed by atoms with Crippen LogP contribution >= 0.6 is 11.3 Å². The van der Waals surface area contributed by atoms with E-state index in [-0.39, 0.29) is 0 Å². The van der Waals surface area contributed by atoms with Gasteiger partial charge in [-0.15, -0.1) is 11.3 Å². The summed E-state index contributed by atoms with van der Waals surface area (Å²) in [5, 5.41) is 3.88. The van der Waals surface area contributed by atoms with Gasteiger partial charge in [-0.2, -0.15) is 0 Å². The molecule has 1 aliphatic heterocycles. The quantitative estimate of drug-likeness (QED) is 0.842. The van der Waals surface area contributed by atoms with E-state index in [1.807, 2.05) is 6.92 Å². The van der Waals surface area contributed by atoms with E-state index >= 15 is 0 Å². The molecular weight excluding hydrogens is 268 g/mol. The van der Waals surface area contributed by atoms with E-state index in [4.69, 9.17) is 5.73 Å². The largest absolute Gasteiger partial charge is 0.343 e. The molecule has 0 amide bonds. The lowest BCUT2D eigenvalue weighted by atomic mass is 10.1. The predicted octanol–water partition coefficient (Wildman–Crippen LogP) is 3.09. The SMILES string of the molecule is Cc1c(-c2ccc(F)cc2F)sc2c1C=NC(N)N2. The third kappa shape index (κ3) is 2.02. The van der Waals surface area contributed by atoms with Crippen LogP contribution in [0.15, 0.2) is 23.2 Å². The van der Waals surface area contributed by atoms with Crippen LogP contribution in [0, 0.1) is 18.6 Å². The Bertz CT molecular complexity index is 679. The Hall–Kier alpha value is -1.79. The molecule has 1 atom stereocenters. The van der Waals surface area contributed by atoms with Crippen molar-refractivity contribution in [1.82, 2.24) is 0 Å². The fourth-order valence-corrected chi connectivity index (χ4v) is 3.28. The summed E-state index contributed by atoms with van der Waals surface area (Å²) in [6.45, 7) is 1.89. The summed E-state index contributed by atoms with van der Waals surface area (Å²) in [5.74, 6) is -1.15. The molecule has 0 spiro atoms. The number of anilines is 1. The lowest BCUT2D eigenvalue weighted by Gasteiger charge is -2.14. The summed E-state index contributed by atoms with van der Waals surface area (Å²) in [7, 11) is 0. The third-order valence-electron chi connectivity index (χ3n) is 3.01. The Balaban J connectivity index is 2.14. The van der Waals surface area contributed by atoms with Gasteiger partial charge in [0.25, 0.3) is 0 Å². The highest BCUT2D eigenvalue weighted by Gasteiger charge is 2.21. The number of halogens is 2. The van der Waals surface area contributed by atoms with E-state index in [1.54, 1.807) is 6.21 Å². The zero-order valence-corrected chi connectivity index (χ0v) is 10.9. The molecule has 2 heterocycles. The van der Waals surface area contributed by atoms with Crippen LogP contribution in [0.3, 0.4) is 0 Å². The maximum atomic E-state index is 13.8. The van der Waals surface area contributed by atoms with Gasteiger partial charge in [-0.1, -0.05) is 0 Å². The van der Waals surface area contributed by atoms with Gasteiger partial charge in [0.05, 0.1) is 0 Å². The minimum Gasteiger partial charge on any atom is -0.343 e. The molecule has 2 aromatic rings. The number of thiophene rings is 1. The highest BCUT2D eigenvalue weighted by molar-refractivity contribution is 7.20. The molecule has 0 saturated heterocycles. The molecule has 3 N–H and O–H groups in total. The first-order valence-corrected chi connectivity index (χ1v) is 6.52. The molecule has 0 bridgehead atoms. The number of fused-ring (bicyclic) bond motifs is 1. The Labute approximate surface area is 112 Å². The average molecular weight is 279 g/mol. The molecule has 0 saturated carbocycles. The second-order valence-corrected chi connectivity index (χ2v) is 5.31. The number of nitrogens with one attached hydrogen (secondary N) is 1. The minimum absolute atomic E-state index is 0.391. The van der Waals surface area contributed by atoms with Crippen molar-refractivity contribution in [3.05, 3.63) is 41.0 Å². The van der Waals surface area contributed by atoms with E-state index < -0.39 is 17.9 Å². The Morgan fingerprint density at radius 2 is 2.16 bits per heavy atom. The van der Waals surface area contributed by atoms with Crippen LogP contribution in [0.1, 0.15) is 11.1 Å². The summed E-state index contributed by atoms with van der Waals surface area (Å²) in [5.41, 5.74) is 7.88. The number of nitrogens with two attached hydrogens (primary N) is 1. The molecule has 1 aromatic heterocycles. The molecule has 3 nitrogen and oxygen atoms in total. The molecule has 3 rings (SSSR count). The van der Waals surface area contributed by atoms with E-state index in [2.05, 4.69) is 10.3 Å². The first-order valence-electron chi connectivity index (χ1n) is 5.70. The van der Waals surface area contributed by atoms with Crippen molar-refractivity contribution < 1.29 is 8.78 Å². The molecule has 1 aromatic carbocycles. The number of hydrogen-bond acceptors (Lipinski definition) is 4. The molecule has 98 valence electrons. The second kappa shape index (κ2) is 4.40. The molecule has 6 heteroatoms. The predicted molar refractivity (Wildman–Crippen MR) is 73.6 cm³/mol. The fourth-order valence-electron chi connectivity index (χ4n) is 2.05.